The molecule has 0 aliphatic heterocycles. The molecule has 0 atom stereocenters. The lowest BCUT2D eigenvalue weighted by molar-refractivity contribution is 0.0527. The van der Waals surface area contributed by atoms with Crippen LogP contribution in [0, 0.1) is 6.92 Å². The molecule has 0 unspecified atom stereocenters. The van der Waals surface area contributed by atoms with Crippen LogP contribution in [0.5, 0.6) is 0 Å². The summed E-state index contributed by atoms with van der Waals surface area (Å²) in [5, 5.41) is 3.77. The Morgan fingerprint density at radius 1 is 1.15 bits per heavy atom. The van der Waals surface area contributed by atoms with Crippen LogP contribution in [0.2, 0.25) is 0 Å². The number of hydrogen-bond donors (Lipinski definition) is 2. The van der Waals surface area contributed by atoms with Crippen molar-refractivity contribution in [3.8, 4) is 0 Å². The van der Waals surface area contributed by atoms with Gasteiger partial charge in [0.05, 0.1) is 17.9 Å². The number of benzene rings is 2. The maximum Gasteiger partial charge on any atom is 0.340 e. The van der Waals surface area contributed by atoms with Gasteiger partial charge < -0.3 is 15.8 Å². The fraction of sp³-hybridized carbons (Fsp3) is 0.150. The Labute approximate surface area is 162 Å². The van der Waals surface area contributed by atoms with E-state index in [9.17, 15) is 4.79 Å². The highest BCUT2D eigenvalue weighted by molar-refractivity contribution is 7.99. The van der Waals surface area contributed by atoms with Crippen molar-refractivity contribution in [2.45, 2.75) is 23.8 Å². The molecule has 0 aliphatic rings. The van der Waals surface area contributed by atoms with Gasteiger partial charge in [-0.3, -0.25) is 0 Å². The summed E-state index contributed by atoms with van der Waals surface area (Å²) in [5.74, 6) is 0.0406. The molecular formula is C20H20N4O2S. The van der Waals surface area contributed by atoms with E-state index in [1.165, 1.54) is 23.7 Å². The van der Waals surface area contributed by atoms with Crippen LogP contribution in [0.1, 0.15) is 22.8 Å². The molecule has 0 aliphatic carbocycles. The maximum absolute atomic E-state index is 12.1. The average molecular weight is 380 g/mol. The Bertz CT molecular complexity index is 945. The molecular weight excluding hydrogens is 360 g/mol. The second-order valence-corrected chi connectivity index (χ2v) is 6.81. The van der Waals surface area contributed by atoms with Crippen molar-refractivity contribution in [2.24, 2.45) is 0 Å². The molecule has 3 aromatic rings. The number of anilines is 3. The van der Waals surface area contributed by atoms with Crippen molar-refractivity contribution in [1.29, 1.82) is 0 Å². The van der Waals surface area contributed by atoms with E-state index in [-0.39, 0.29) is 0 Å². The van der Waals surface area contributed by atoms with Crippen LogP contribution in [-0.2, 0) is 4.74 Å². The molecule has 7 heteroatoms. The van der Waals surface area contributed by atoms with Crippen molar-refractivity contribution >= 4 is 34.9 Å². The molecule has 27 heavy (non-hydrogen) atoms. The predicted molar refractivity (Wildman–Crippen MR) is 107 cm³/mol. The van der Waals surface area contributed by atoms with Gasteiger partial charge in [0.25, 0.3) is 0 Å². The Morgan fingerprint density at radius 2 is 1.89 bits per heavy atom. The second kappa shape index (κ2) is 8.55. The van der Waals surface area contributed by atoms with E-state index in [1.807, 2.05) is 37.3 Å². The lowest BCUT2D eigenvalue weighted by Gasteiger charge is -2.13. The predicted octanol–water partition coefficient (Wildman–Crippen LogP) is 4.44. The lowest BCUT2D eigenvalue weighted by atomic mass is 10.2. The van der Waals surface area contributed by atoms with Crippen LogP contribution >= 0.6 is 11.8 Å². The second-order valence-electron chi connectivity index (χ2n) is 5.75. The zero-order valence-electron chi connectivity index (χ0n) is 15.1. The first-order chi connectivity index (χ1) is 13.1. The minimum atomic E-state index is -0.400. The van der Waals surface area contributed by atoms with Gasteiger partial charge in [0, 0.05) is 4.90 Å². The molecule has 1 heterocycles. The molecule has 0 saturated heterocycles. The molecule has 0 fully saturated rings. The molecule has 3 rings (SSSR count). The Kier molecular flexibility index (Phi) is 5.93. The minimum absolute atomic E-state index is 0.306. The van der Waals surface area contributed by atoms with E-state index >= 15 is 0 Å². The summed E-state index contributed by atoms with van der Waals surface area (Å²) < 4.78 is 5.10. The molecule has 0 spiro atoms. The van der Waals surface area contributed by atoms with E-state index < -0.39 is 5.97 Å². The minimum Gasteiger partial charge on any atom is -0.462 e. The first-order valence-electron chi connectivity index (χ1n) is 8.46. The number of para-hydroxylation sites is 1. The summed E-state index contributed by atoms with van der Waals surface area (Å²) in [6.45, 7) is 4.11. The summed E-state index contributed by atoms with van der Waals surface area (Å²) >= 11 is 1.46. The molecule has 0 radical (unpaired) electrons. The Morgan fingerprint density at radius 3 is 2.63 bits per heavy atom. The fourth-order valence-electron chi connectivity index (χ4n) is 2.38. The molecule has 1 aromatic heterocycles. The Hall–Kier alpha value is -3.06. The maximum atomic E-state index is 12.1. The summed E-state index contributed by atoms with van der Waals surface area (Å²) in [5.41, 5.74) is 8.87. The van der Waals surface area contributed by atoms with Crippen LogP contribution in [0.15, 0.2) is 64.8 Å². The highest BCUT2D eigenvalue weighted by Gasteiger charge is 2.15. The lowest BCUT2D eigenvalue weighted by Crippen LogP contribution is -2.09. The number of nitrogen functional groups attached to an aromatic ring is 1. The van der Waals surface area contributed by atoms with Gasteiger partial charge in [-0.15, -0.1) is 0 Å². The van der Waals surface area contributed by atoms with Crippen molar-refractivity contribution in [3.63, 3.8) is 0 Å². The molecule has 0 amide bonds. The van der Waals surface area contributed by atoms with Gasteiger partial charge in [-0.1, -0.05) is 41.6 Å². The molecule has 6 nitrogen and oxygen atoms in total. The number of nitrogens with zero attached hydrogens (tertiary/aromatic N) is 2. The number of esters is 1. The monoisotopic (exact) mass is 380 g/mol. The number of nitrogens with two attached hydrogens (primary N) is 1. The SMILES string of the molecule is CCOC(=O)c1ccccc1Nc1ncnc(Sc2ccc(C)cc2)c1N. The van der Waals surface area contributed by atoms with Gasteiger partial charge in [0.1, 0.15) is 17.0 Å². The number of aryl methyl sites for hydroxylation is 1. The summed E-state index contributed by atoms with van der Waals surface area (Å²) in [6, 6.07) is 15.2. The summed E-state index contributed by atoms with van der Waals surface area (Å²) in [4.78, 5) is 21.7. The summed E-state index contributed by atoms with van der Waals surface area (Å²) in [6.07, 6.45) is 1.45. The number of aromatic nitrogens is 2. The summed E-state index contributed by atoms with van der Waals surface area (Å²) in [7, 11) is 0. The van der Waals surface area contributed by atoms with Crippen LogP contribution in [0.25, 0.3) is 0 Å². The van der Waals surface area contributed by atoms with E-state index in [2.05, 4.69) is 15.3 Å². The van der Waals surface area contributed by atoms with E-state index in [0.29, 0.717) is 34.4 Å². The number of nitrogens with one attached hydrogen (secondary N) is 1. The number of hydrogen-bond acceptors (Lipinski definition) is 7. The number of rotatable bonds is 6. The van der Waals surface area contributed by atoms with Gasteiger partial charge in [-0.2, -0.15) is 0 Å². The first-order valence-corrected chi connectivity index (χ1v) is 9.28. The first kappa shape index (κ1) is 18.7. The zero-order valence-corrected chi connectivity index (χ0v) is 15.9. The van der Waals surface area contributed by atoms with Crippen molar-refractivity contribution in [2.75, 3.05) is 17.7 Å². The topological polar surface area (TPSA) is 90.1 Å². The Balaban J connectivity index is 1.87. The van der Waals surface area contributed by atoms with Gasteiger partial charge in [0.2, 0.25) is 0 Å². The van der Waals surface area contributed by atoms with Crippen molar-refractivity contribution in [3.05, 3.63) is 66.0 Å². The van der Waals surface area contributed by atoms with Crippen molar-refractivity contribution < 1.29 is 9.53 Å². The molecule has 0 saturated carbocycles. The third-order valence-corrected chi connectivity index (χ3v) is 4.78. The third-order valence-electron chi connectivity index (χ3n) is 3.76. The van der Waals surface area contributed by atoms with Gasteiger partial charge in [0.15, 0.2) is 5.82 Å². The molecule has 138 valence electrons. The highest BCUT2D eigenvalue weighted by Crippen LogP contribution is 2.34. The molecule has 2 aromatic carbocycles. The number of carbonyl (C=O) groups is 1. The number of carbonyl (C=O) groups excluding carboxylic acids is 1. The third kappa shape index (κ3) is 4.57. The zero-order chi connectivity index (χ0) is 19.2. The van der Waals surface area contributed by atoms with E-state index in [0.717, 1.165) is 4.90 Å². The van der Waals surface area contributed by atoms with Gasteiger partial charge >= 0.3 is 5.97 Å². The van der Waals surface area contributed by atoms with E-state index in [1.54, 1.807) is 25.1 Å². The normalized spacial score (nSPS) is 10.4. The average Bonchev–Trinajstić information content (AvgIpc) is 2.67. The molecule has 3 N–H and O–H groups in total. The van der Waals surface area contributed by atoms with Crippen molar-refractivity contribution in [1.82, 2.24) is 9.97 Å². The fourth-order valence-corrected chi connectivity index (χ4v) is 3.19. The van der Waals surface area contributed by atoms with Crippen LogP contribution in [0.3, 0.4) is 0 Å². The standard InChI is InChI=1S/C20H20N4O2S/c1-3-26-20(25)15-6-4-5-7-16(15)24-18-17(21)19(23-12-22-18)27-14-10-8-13(2)9-11-14/h4-12H,3,21H2,1-2H3,(H,22,23,24). The van der Waals surface area contributed by atoms with Gasteiger partial charge in [-0.05, 0) is 38.1 Å². The smallest absolute Gasteiger partial charge is 0.340 e. The highest BCUT2D eigenvalue weighted by atomic mass is 32.2. The molecule has 0 bridgehead atoms. The number of ether oxygens (including phenoxy) is 1. The van der Waals surface area contributed by atoms with Crippen LogP contribution < -0.4 is 11.1 Å². The van der Waals surface area contributed by atoms with Crippen LogP contribution in [-0.4, -0.2) is 22.5 Å². The quantitative estimate of drug-likeness (QED) is 0.482. The largest absolute Gasteiger partial charge is 0.462 e. The van der Waals surface area contributed by atoms with Gasteiger partial charge in [-0.25, -0.2) is 14.8 Å². The van der Waals surface area contributed by atoms with Crippen LogP contribution in [0.4, 0.5) is 17.2 Å². The van der Waals surface area contributed by atoms with E-state index in [4.69, 9.17) is 10.5 Å².